The molecule has 2 heterocycles. The summed E-state index contributed by atoms with van der Waals surface area (Å²) >= 11 is 0. The molecule has 0 unspecified atom stereocenters. The summed E-state index contributed by atoms with van der Waals surface area (Å²) in [5.74, 6) is -0.521. The number of pyridine rings is 1. The van der Waals surface area contributed by atoms with Crippen LogP contribution in [0, 0.1) is 0 Å². The molecule has 1 aromatic rings. The molecule has 0 aliphatic carbocycles. The number of carbonyl (C=O) groups is 1. The van der Waals surface area contributed by atoms with Crippen LogP contribution in [-0.2, 0) is 9.31 Å². The molecule has 1 aromatic heterocycles. The van der Waals surface area contributed by atoms with Gasteiger partial charge in [-0.05, 0) is 44.8 Å². The first-order chi connectivity index (χ1) is 10.2. The van der Waals surface area contributed by atoms with Gasteiger partial charge >= 0.3 is 7.12 Å². The Kier molecular flexibility index (Phi) is 4.42. The summed E-state index contributed by atoms with van der Waals surface area (Å²) in [5, 5.41) is 0. The fraction of sp³-hybridized carbons (Fsp3) is 0.467. The maximum Gasteiger partial charge on any atom is 0.491 e. The van der Waals surface area contributed by atoms with Crippen LogP contribution in [0.1, 0.15) is 43.6 Å². The average molecular weight is 303 g/mol. The molecule has 0 saturated carbocycles. The predicted molar refractivity (Wildman–Crippen MR) is 85.9 cm³/mol. The zero-order valence-electron chi connectivity index (χ0n) is 13.4. The molecule has 1 aliphatic rings. The summed E-state index contributed by atoms with van der Waals surface area (Å²) in [6.07, 6.45) is 4.88. The Hall–Kier alpha value is -1.70. The van der Waals surface area contributed by atoms with Gasteiger partial charge in [0.1, 0.15) is 0 Å². The van der Waals surface area contributed by atoms with Gasteiger partial charge in [-0.25, -0.2) is 0 Å². The Labute approximate surface area is 131 Å². The van der Waals surface area contributed by atoms with E-state index in [0.29, 0.717) is 5.56 Å². The Morgan fingerprint density at radius 1 is 1.27 bits per heavy atom. The first-order valence-corrected chi connectivity index (χ1v) is 7.17. The molecule has 22 heavy (non-hydrogen) atoms. The number of rotatable bonds is 4. The van der Waals surface area contributed by atoms with Crippen molar-refractivity contribution in [2.75, 3.05) is 6.54 Å². The minimum atomic E-state index is -0.521. The second-order valence-electron chi connectivity index (χ2n) is 6.38. The molecule has 0 bridgehead atoms. The van der Waals surface area contributed by atoms with E-state index in [1.807, 2.05) is 33.8 Å². The first kappa shape index (κ1) is 16.7. The number of aromatic nitrogens is 1. The van der Waals surface area contributed by atoms with Crippen LogP contribution in [0.2, 0.25) is 0 Å². The molecule has 1 saturated heterocycles. The topological polar surface area (TPSA) is 100 Å². The van der Waals surface area contributed by atoms with Gasteiger partial charge < -0.3 is 20.8 Å². The third-order valence-corrected chi connectivity index (χ3v) is 4.19. The number of hydrogen-bond acceptors (Lipinski definition) is 5. The Bertz CT molecular complexity index is 598. The molecule has 1 fully saturated rings. The Morgan fingerprint density at radius 3 is 2.36 bits per heavy atom. The van der Waals surface area contributed by atoms with Gasteiger partial charge in [0.2, 0.25) is 5.91 Å². The van der Waals surface area contributed by atoms with Crippen molar-refractivity contribution in [1.29, 1.82) is 0 Å². The summed E-state index contributed by atoms with van der Waals surface area (Å²) in [7, 11) is -0.521. The van der Waals surface area contributed by atoms with Gasteiger partial charge in [-0.2, -0.15) is 0 Å². The second kappa shape index (κ2) is 5.83. The lowest BCUT2D eigenvalue weighted by Gasteiger charge is -2.32. The molecule has 0 radical (unpaired) electrons. The highest BCUT2D eigenvalue weighted by molar-refractivity contribution is 6.55. The quantitative estimate of drug-likeness (QED) is 0.813. The van der Waals surface area contributed by atoms with Crippen molar-refractivity contribution < 1.29 is 14.1 Å². The lowest BCUT2D eigenvalue weighted by atomic mass is 9.77. The van der Waals surface area contributed by atoms with E-state index in [0.717, 1.165) is 11.0 Å². The summed E-state index contributed by atoms with van der Waals surface area (Å²) in [4.78, 5) is 15.2. The van der Waals surface area contributed by atoms with Crippen molar-refractivity contribution in [2.45, 2.75) is 38.9 Å². The zero-order chi connectivity index (χ0) is 16.5. The SMILES string of the molecule is CC1(C)OB(C(=Cc2cncc(C(N)=O)c2)CN)OC1(C)C. The van der Waals surface area contributed by atoms with Crippen LogP contribution in [-0.4, -0.2) is 35.8 Å². The molecule has 0 atom stereocenters. The normalized spacial score (nSPS) is 20.2. The van der Waals surface area contributed by atoms with Crippen molar-refractivity contribution in [3.8, 4) is 0 Å². The monoisotopic (exact) mass is 303 g/mol. The van der Waals surface area contributed by atoms with Gasteiger partial charge in [0.15, 0.2) is 0 Å². The van der Waals surface area contributed by atoms with E-state index in [4.69, 9.17) is 20.8 Å². The molecule has 1 amide bonds. The highest BCUT2D eigenvalue weighted by Crippen LogP contribution is 2.38. The van der Waals surface area contributed by atoms with Crippen LogP contribution < -0.4 is 11.5 Å². The van der Waals surface area contributed by atoms with Crippen LogP contribution in [0.15, 0.2) is 23.9 Å². The van der Waals surface area contributed by atoms with Gasteiger partial charge in [-0.15, -0.1) is 0 Å². The molecule has 6 nitrogen and oxygen atoms in total. The fourth-order valence-electron chi connectivity index (χ4n) is 2.10. The first-order valence-electron chi connectivity index (χ1n) is 7.17. The second-order valence-corrected chi connectivity index (χ2v) is 6.38. The van der Waals surface area contributed by atoms with E-state index in [2.05, 4.69) is 4.98 Å². The van der Waals surface area contributed by atoms with E-state index < -0.39 is 24.2 Å². The van der Waals surface area contributed by atoms with Crippen LogP contribution in [0.25, 0.3) is 6.08 Å². The number of carbonyl (C=O) groups excluding carboxylic acids is 1. The minimum absolute atomic E-state index is 0.275. The molecule has 0 spiro atoms. The zero-order valence-corrected chi connectivity index (χ0v) is 13.4. The van der Waals surface area contributed by atoms with Crippen molar-refractivity contribution in [2.24, 2.45) is 11.5 Å². The largest absolute Gasteiger partial charge is 0.491 e. The minimum Gasteiger partial charge on any atom is -0.400 e. The number of hydrogen-bond donors (Lipinski definition) is 2. The molecule has 2 rings (SSSR count). The summed E-state index contributed by atoms with van der Waals surface area (Å²) in [5.41, 5.74) is 12.1. The van der Waals surface area contributed by atoms with Gasteiger partial charge in [0, 0.05) is 18.9 Å². The van der Waals surface area contributed by atoms with Gasteiger partial charge in [0.25, 0.3) is 0 Å². The Morgan fingerprint density at radius 2 is 1.86 bits per heavy atom. The Balaban J connectivity index is 2.29. The average Bonchev–Trinajstić information content (AvgIpc) is 2.65. The fourth-order valence-corrected chi connectivity index (χ4v) is 2.10. The number of nitrogens with two attached hydrogens (primary N) is 2. The molecule has 4 N–H and O–H groups in total. The van der Waals surface area contributed by atoms with E-state index >= 15 is 0 Å². The highest BCUT2D eigenvalue weighted by atomic mass is 16.7. The highest BCUT2D eigenvalue weighted by Gasteiger charge is 2.52. The standard InChI is InChI=1S/C15H22BN3O3/c1-14(2)15(3,4)22-16(21-14)12(7-17)6-10-5-11(13(18)20)9-19-8-10/h5-6,8-9H,7,17H2,1-4H3,(H2,18,20). The smallest absolute Gasteiger partial charge is 0.400 e. The molecule has 0 aromatic carbocycles. The molecular formula is C15H22BN3O3. The van der Waals surface area contributed by atoms with E-state index in [9.17, 15) is 4.79 Å². The van der Waals surface area contributed by atoms with Crippen molar-refractivity contribution in [3.05, 3.63) is 35.1 Å². The summed E-state index contributed by atoms with van der Waals surface area (Å²) in [6, 6.07) is 1.66. The maximum absolute atomic E-state index is 11.2. The molecule has 7 heteroatoms. The third-order valence-electron chi connectivity index (χ3n) is 4.19. The number of nitrogens with zero attached hydrogens (tertiary/aromatic N) is 1. The van der Waals surface area contributed by atoms with E-state index in [1.165, 1.54) is 6.20 Å². The molecule has 1 aliphatic heterocycles. The lowest BCUT2D eigenvalue weighted by Crippen LogP contribution is -2.41. The summed E-state index contributed by atoms with van der Waals surface area (Å²) in [6.45, 7) is 8.21. The number of primary amides is 1. The van der Waals surface area contributed by atoms with E-state index in [1.54, 1.807) is 12.3 Å². The van der Waals surface area contributed by atoms with Crippen molar-refractivity contribution in [3.63, 3.8) is 0 Å². The van der Waals surface area contributed by atoms with Gasteiger partial charge in [-0.3, -0.25) is 9.78 Å². The number of amides is 1. The molecular weight excluding hydrogens is 281 g/mol. The van der Waals surface area contributed by atoms with Gasteiger partial charge in [-0.1, -0.05) is 6.08 Å². The van der Waals surface area contributed by atoms with Crippen LogP contribution >= 0.6 is 0 Å². The lowest BCUT2D eigenvalue weighted by molar-refractivity contribution is 0.00578. The van der Waals surface area contributed by atoms with Crippen molar-refractivity contribution in [1.82, 2.24) is 4.98 Å². The third kappa shape index (κ3) is 3.21. The summed E-state index contributed by atoms with van der Waals surface area (Å²) < 4.78 is 12.0. The van der Waals surface area contributed by atoms with Crippen molar-refractivity contribution >= 4 is 19.1 Å². The van der Waals surface area contributed by atoms with Crippen LogP contribution in [0.4, 0.5) is 0 Å². The van der Waals surface area contributed by atoms with Crippen LogP contribution in [0.3, 0.4) is 0 Å². The van der Waals surface area contributed by atoms with E-state index in [-0.39, 0.29) is 6.54 Å². The predicted octanol–water partition coefficient (Wildman–Crippen LogP) is 1.15. The van der Waals surface area contributed by atoms with Gasteiger partial charge in [0.05, 0.1) is 16.8 Å². The molecule has 118 valence electrons. The maximum atomic E-state index is 11.2. The van der Waals surface area contributed by atoms with Crippen LogP contribution in [0.5, 0.6) is 0 Å².